The van der Waals surface area contributed by atoms with E-state index in [2.05, 4.69) is 9.88 Å². The Morgan fingerprint density at radius 3 is 2.93 bits per heavy atom. The smallest absolute Gasteiger partial charge is 0.337 e. The highest BCUT2D eigenvalue weighted by Crippen LogP contribution is 2.55. The molecule has 15 heavy (non-hydrogen) atoms. The maximum Gasteiger partial charge on any atom is 0.337 e. The van der Waals surface area contributed by atoms with Crippen molar-refractivity contribution >= 4 is 11.7 Å². The summed E-state index contributed by atoms with van der Waals surface area (Å²) in [7, 11) is 2.00. The Balaban J connectivity index is 2.13. The molecule has 0 amide bonds. The van der Waals surface area contributed by atoms with Gasteiger partial charge in [-0.1, -0.05) is 0 Å². The number of anilines is 1. The van der Waals surface area contributed by atoms with Crippen LogP contribution in [0.25, 0.3) is 0 Å². The van der Waals surface area contributed by atoms with E-state index in [0.717, 1.165) is 17.9 Å². The predicted molar refractivity (Wildman–Crippen MR) is 55.4 cm³/mol. The number of carboxylic acids is 1. The van der Waals surface area contributed by atoms with Gasteiger partial charge in [-0.05, 0) is 18.9 Å². The maximum absolute atomic E-state index is 10.8. The summed E-state index contributed by atoms with van der Waals surface area (Å²) in [6.45, 7) is 0.985. The average molecular weight is 204 g/mol. The summed E-state index contributed by atoms with van der Waals surface area (Å²) in [5.41, 5.74) is 2.61. The van der Waals surface area contributed by atoms with Gasteiger partial charge < -0.3 is 10.0 Å². The number of rotatable bonds is 1. The summed E-state index contributed by atoms with van der Waals surface area (Å²) in [4.78, 5) is 17.3. The first-order chi connectivity index (χ1) is 7.12. The van der Waals surface area contributed by atoms with E-state index in [4.69, 9.17) is 5.11 Å². The Hall–Kier alpha value is -1.58. The predicted octanol–water partition coefficient (Wildman–Crippen LogP) is 1.26. The number of carbonyl (C=O) groups is 1. The van der Waals surface area contributed by atoms with Gasteiger partial charge in [-0.15, -0.1) is 0 Å². The minimum absolute atomic E-state index is 0.251. The van der Waals surface area contributed by atoms with Crippen LogP contribution in [0.2, 0.25) is 0 Å². The van der Waals surface area contributed by atoms with E-state index in [0.29, 0.717) is 0 Å². The lowest BCUT2D eigenvalue weighted by Gasteiger charge is -2.11. The number of nitrogens with zero attached hydrogens (tertiary/aromatic N) is 2. The average Bonchev–Trinajstić information content (AvgIpc) is 2.91. The van der Waals surface area contributed by atoms with E-state index in [9.17, 15) is 4.79 Å². The van der Waals surface area contributed by atoms with Gasteiger partial charge in [0, 0.05) is 25.2 Å². The number of hydrogen-bond acceptors (Lipinski definition) is 3. The Bertz CT molecular complexity index is 452. The SMILES string of the molecule is CN1CC2(CC2)c2ncc(C(=O)O)cc21. The van der Waals surface area contributed by atoms with Gasteiger partial charge >= 0.3 is 5.97 Å². The van der Waals surface area contributed by atoms with Crippen LogP contribution in [0.3, 0.4) is 0 Å². The standard InChI is InChI=1S/C11H12N2O2/c1-13-6-11(2-3-11)9-8(13)4-7(5-12-9)10(14)15/h4-5H,2-3,6H2,1H3,(H,14,15). The summed E-state index contributed by atoms with van der Waals surface area (Å²) in [5, 5.41) is 8.89. The fraction of sp³-hybridized carbons (Fsp3) is 0.455. The molecule has 1 fully saturated rings. The molecule has 0 unspecified atom stereocenters. The van der Waals surface area contributed by atoms with E-state index in [1.165, 1.54) is 19.0 Å². The highest BCUT2D eigenvalue weighted by molar-refractivity contribution is 5.89. The van der Waals surface area contributed by atoms with Gasteiger partial charge in [0.1, 0.15) is 0 Å². The molecule has 1 aromatic heterocycles. The lowest BCUT2D eigenvalue weighted by molar-refractivity contribution is 0.0696. The molecule has 0 saturated heterocycles. The van der Waals surface area contributed by atoms with Gasteiger partial charge in [0.2, 0.25) is 0 Å². The van der Waals surface area contributed by atoms with E-state index in [-0.39, 0.29) is 11.0 Å². The topological polar surface area (TPSA) is 53.4 Å². The maximum atomic E-state index is 10.8. The molecule has 4 heteroatoms. The largest absolute Gasteiger partial charge is 0.478 e. The van der Waals surface area contributed by atoms with Crippen LogP contribution in [0.5, 0.6) is 0 Å². The molecule has 0 aromatic carbocycles. The second-order valence-corrected chi connectivity index (χ2v) is 4.53. The number of likely N-dealkylation sites (N-methyl/N-ethyl adjacent to an activating group) is 1. The molecule has 78 valence electrons. The summed E-state index contributed by atoms with van der Waals surface area (Å²) >= 11 is 0. The third-order valence-corrected chi connectivity index (χ3v) is 3.42. The highest BCUT2D eigenvalue weighted by Gasteiger charge is 2.52. The number of fused-ring (bicyclic) bond motifs is 2. The lowest BCUT2D eigenvalue weighted by Crippen LogP contribution is -2.19. The van der Waals surface area contributed by atoms with Crippen molar-refractivity contribution in [2.24, 2.45) is 0 Å². The van der Waals surface area contributed by atoms with Gasteiger partial charge in [0.05, 0.1) is 16.9 Å². The van der Waals surface area contributed by atoms with Crippen LogP contribution < -0.4 is 4.90 Å². The molecule has 2 heterocycles. The van der Waals surface area contributed by atoms with Crippen LogP contribution in [-0.4, -0.2) is 29.7 Å². The molecule has 3 rings (SSSR count). The molecule has 2 aliphatic rings. The molecule has 1 N–H and O–H groups in total. The molecule has 1 aromatic rings. The number of aromatic nitrogens is 1. The Morgan fingerprint density at radius 1 is 1.60 bits per heavy atom. The minimum Gasteiger partial charge on any atom is -0.478 e. The number of pyridine rings is 1. The van der Waals surface area contributed by atoms with Crippen molar-refractivity contribution < 1.29 is 9.90 Å². The van der Waals surface area contributed by atoms with Crippen LogP contribution in [0, 0.1) is 0 Å². The normalized spacial score (nSPS) is 20.5. The first kappa shape index (κ1) is 8.71. The monoisotopic (exact) mass is 204 g/mol. The van der Waals surface area contributed by atoms with Gasteiger partial charge in [-0.25, -0.2) is 4.79 Å². The molecule has 1 saturated carbocycles. The molecular formula is C11H12N2O2. The van der Waals surface area contributed by atoms with Crippen molar-refractivity contribution in [2.45, 2.75) is 18.3 Å². The molecule has 1 aliphatic heterocycles. The van der Waals surface area contributed by atoms with Crippen LogP contribution in [0.4, 0.5) is 5.69 Å². The Kier molecular flexibility index (Phi) is 1.45. The molecule has 0 bridgehead atoms. The third kappa shape index (κ3) is 1.07. The summed E-state index contributed by atoms with van der Waals surface area (Å²) in [6, 6.07) is 1.73. The molecular weight excluding hydrogens is 192 g/mol. The van der Waals surface area contributed by atoms with E-state index in [1.54, 1.807) is 6.07 Å². The number of hydrogen-bond donors (Lipinski definition) is 1. The molecule has 1 aliphatic carbocycles. The van der Waals surface area contributed by atoms with Crippen molar-refractivity contribution in [2.75, 3.05) is 18.5 Å². The zero-order valence-corrected chi connectivity index (χ0v) is 8.53. The molecule has 0 radical (unpaired) electrons. The fourth-order valence-corrected chi connectivity index (χ4v) is 2.43. The van der Waals surface area contributed by atoms with Crippen molar-refractivity contribution in [1.29, 1.82) is 0 Å². The molecule has 4 nitrogen and oxygen atoms in total. The summed E-state index contributed by atoms with van der Waals surface area (Å²) in [6.07, 6.45) is 3.84. The Labute approximate surface area is 87.5 Å². The first-order valence-electron chi connectivity index (χ1n) is 5.07. The Morgan fingerprint density at radius 2 is 2.33 bits per heavy atom. The van der Waals surface area contributed by atoms with Gasteiger partial charge in [0.25, 0.3) is 0 Å². The summed E-state index contributed by atoms with van der Waals surface area (Å²) in [5.74, 6) is -0.907. The van der Waals surface area contributed by atoms with Gasteiger partial charge in [0.15, 0.2) is 0 Å². The van der Waals surface area contributed by atoms with Crippen LogP contribution in [0.1, 0.15) is 28.9 Å². The van der Waals surface area contributed by atoms with Crippen molar-refractivity contribution in [3.8, 4) is 0 Å². The van der Waals surface area contributed by atoms with Crippen molar-refractivity contribution in [3.05, 3.63) is 23.5 Å². The number of carboxylic acid groups (broad SMARTS) is 1. The van der Waals surface area contributed by atoms with Crippen molar-refractivity contribution in [1.82, 2.24) is 4.98 Å². The molecule has 1 spiro atoms. The fourth-order valence-electron chi connectivity index (χ4n) is 2.43. The van der Waals surface area contributed by atoms with Crippen LogP contribution in [0.15, 0.2) is 12.3 Å². The van der Waals surface area contributed by atoms with Crippen molar-refractivity contribution in [3.63, 3.8) is 0 Å². The minimum atomic E-state index is -0.907. The third-order valence-electron chi connectivity index (χ3n) is 3.42. The number of aromatic carboxylic acids is 1. The zero-order chi connectivity index (χ0) is 10.6. The second-order valence-electron chi connectivity index (χ2n) is 4.53. The highest BCUT2D eigenvalue weighted by atomic mass is 16.4. The van der Waals surface area contributed by atoms with Crippen LogP contribution in [-0.2, 0) is 5.41 Å². The quantitative estimate of drug-likeness (QED) is 0.748. The first-order valence-corrected chi connectivity index (χ1v) is 5.07. The van der Waals surface area contributed by atoms with Gasteiger partial charge in [-0.2, -0.15) is 0 Å². The van der Waals surface area contributed by atoms with E-state index in [1.807, 2.05) is 7.05 Å². The zero-order valence-electron chi connectivity index (χ0n) is 8.53. The lowest BCUT2D eigenvalue weighted by atomic mass is 10.0. The molecule has 0 atom stereocenters. The van der Waals surface area contributed by atoms with E-state index < -0.39 is 5.97 Å². The summed E-state index contributed by atoms with van der Waals surface area (Å²) < 4.78 is 0. The van der Waals surface area contributed by atoms with E-state index >= 15 is 0 Å². The van der Waals surface area contributed by atoms with Crippen LogP contribution >= 0.6 is 0 Å². The van der Waals surface area contributed by atoms with Gasteiger partial charge in [-0.3, -0.25) is 4.98 Å². The second kappa shape index (κ2) is 2.51.